The van der Waals surface area contributed by atoms with Gasteiger partial charge in [0.15, 0.2) is 0 Å². The first-order chi connectivity index (χ1) is 11.1. The van der Waals surface area contributed by atoms with Crippen LogP contribution in [0.2, 0.25) is 0 Å². The number of fused-ring (bicyclic) bond motifs is 1. The van der Waals surface area contributed by atoms with E-state index in [1.165, 1.54) is 17.3 Å². The summed E-state index contributed by atoms with van der Waals surface area (Å²) >= 11 is 0. The molecule has 1 atom stereocenters. The first kappa shape index (κ1) is 16.1. The summed E-state index contributed by atoms with van der Waals surface area (Å²) < 4.78 is 2.28. The summed E-state index contributed by atoms with van der Waals surface area (Å²) in [5.41, 5.74) is 2.13. The lowest BCUT2D eigenvalue weighted by Crippen LogP contribution is -2.15. The lowest BCUT2D eigenvalue weighted by molar-refractivity contribution is -0.116. The van der Waals surface area contributed by atoms with E-state index in [4.69, 9.17) is 0 Å². The number of rotatable bonds is 6. The van der Waals surface area contributed by atoms with Crippen molar-refractivity contribution >= 4 is 22.5 Å². The molecular formula is C19H27N3O. The number of amides is 1. The van der Waals surface area contributed by atoms with Crippen molar-refractivity contribution in [2.75, 3.05) is 18.4 Å². The van der Waals surface area contributed by atoms with Gasteiger partial charge in [0, 0.05) is 35.8 Å². The van der Waals surface area contributed by atoms with Crippen molar-refractivity contribution in [3.05, 3.63) is 30.5 Å². The van der Waals surface area contributed by atoms with Crippen LogP contribution in [-0.2, 0) is 11.3 Å². The fraction of sp³-hybridized carbons (Fsp3) is 0.526. The second-order valence-corrected chi connectivity index (χ2v) is 7.08. The van der Waals surface area contributed by atoms with Crippen LogP contribution in [0.3, 0.4) is 0 Å². The summed E-state index contributed by atoms with van der Waals surface area (Å²) in [5, 5.41) is 7.57. The molecule has 1 aromatic carbocycles. The van der Waals surface area contributed by atoms with E-state index in [1.54, 1.807) is 0 Å². The monoisotopic (exact) mass is 313 g/mol. The van der Waals surface area contributed by atoms with Gasteiger partial charge in [-0.1, -0.05) is 13.8 Å². The zero-order chi connectivity index (χ0) is 16.2. The molecule has 1 aliphatic heterocycles. The predicted molar refractivity (Wildman–Crippen MR) is 95.6 cm³/mol. The molecule has 1 saturated heterocycles. The van der Waals surface area contributed by atoms with E-state index in [9.17, 15) is 4.79 Å². The molecule has 0 spiro atoms. The number of hydrogen-bond acceptors (Lipinski definition) is 2. The van der Waals surface area contributed by atoms with Crippen LogP contribution >= 0.6 is 0 Å². The van der Waals surface area contributed by atoms with Gasteiger partial charge in [0.2, 0.25) is 5.91 Å². The van der Waals surface area contributed by atoms with Gasteiger partial charge in [0.05, 0.1) is 0 Å². The van der Waals surface area contributed by atoms with Crippen molar-refractivity contribution in [3.8, 4) is 0 Å². The van der Waals surface area contributed by atoms with E-state index in [0.29, 0.717) is 18.3 Å². The van der Waals surface area contributed by atoms with Gasteiger partial charge >= 0.3 is 0 Å². The standard InChI is InChI=1S/C19H27N3O/c1-14(2)13-22-10-8-16-11-17(4-5-18(16)22)21-19(23)6-3-15-7-9-20-12-15/h4-5,8,10-11,14-15,20H,3,6-7,9,12-13H2,1-2H3,(H,21,23). The van der Waals surface area contributed by atoms with Crippen molar-refractivity contribution in [1.82, 2.24) is 9.88 Å². The first-order valence-electron chi connectivity index (χ1n) is 8.71. The van der Waals surface area contributed by atoms with Crippen molar-refractivity contribution < 1.29 is 4.79 Å². The zero-order valence-electron chi connectivity index (χ0n) is 14.1. The van der Waals surface area contributed by atoms with E-state index in [1.807, 2.05) is 6.07 Å². The van der Waals surface area contributed by atoms with Crippen molar-refractivity contribution in [3.63, 3.8) is 0 Å². The van der Waals surface area contributed by atoms with Gasteiger partial charge in [-0.3, -0.25) is 4.79 Å². The second kappa shape index (κ2) is 7.18. The highest BCUT2D eigenvalue weighted by atomic mass is 16.1. The molecular weight excluding hydrogens is 286 g/mol. The lowest BCUT2D eigenvalue weighted by atomic mass is 10.0. The van der Waals surface area contributed by atoms with Gasteiger partial charge in [0.1, 0.15) is 0 Å². The highest BCUT2D eigenvalue weighted by Crippen LogP contribution is 2.22. The van der Waals surface area contributed by atoms with Gasteiger partial charge in [0.25, 0.3) is 0 Å². The van der Waals surface area contributed by atoms with Crippen LogP contribution in [-0.4, -0.2) is 23.6 Å². The summed E-state index contributed by atoms with van der Waals surface area (Å²) in [5.74, 6) is 1.40. The van der Waals surface area contributed by atoms with Crippen LogP contribution in [0.25, 0.3) is 10.9 Å². The number of carbonyl (C=O) groups excluding carboxylic acids is 1. The zero-order valence-corrected chi connectivity index (χ0v) is 14.1. The Balaban J connectivity index is 1.60. The Morgan fingerprint density at radius 3 is 3.00 bits per heavy atom. The van der Waals surface area contributed by atoms with Crippen LogP contribution in [0.1, 0.15) is 33.1 Å². The number of benzene rings is 1. The van der Waals surface area contributed by atoms with Gasteiger partial charge in [-0.2, -0.15) is 0 Å². The molecule has 2 N–H and O–H groups in total. The number of nitrogens with one attached hydrogen (secondary N) is 2. The SMILES string of the molecule is CC(C)Cn1ccc2cc(NC(=O)CCC3CCNC3)ccc21. The molecule has 0 bridgehead atoms. The van der Waals surface area contributed by atoms with Crippen LogP contribution < -0.4 is 10.6 Å². The van der Waals surface area contributed by atoms with E-state index in [-0.39, 0.29) is 5.91 Å². The Morgan fingerprint density at radius 1 is 1.39 bits per heavy atom. The molecule has 0 saturated carbocycles. The summed E-state index contributed by atoms with van der Waals surface area (Å²) in [6.45, 7) is 7.62. The number of hydrogen-bond donors (Lipinski definition) is 2. The first-order valence-corrected chi connectivity index (χ1v) is 8.71. The Morgan fingerprint density at radius 2 is 2.26 bits per heavy atom. The van der Waals surface area contributed by atoms with Gasteiger partial charge < -0.3 is 15.2 Å². The van der Waals surface area contributed by atoms with Crippen LogP contribution in [0.15, 0.2) is 30.5 Å². The van der Waals surface area contributed by atoms with Crippen LogP contribution in [0.4, 0.5) is 5.69 Å². The fourth-order valence-electron chi connectivity index (χ4n) is 3.35. The van der Waals surface area contributed by atoms with Crippen LogP contribution in [0, 0.1) is 11.8 Å². The predicted octanol–water partition coefficient (Wildman–Crippen LogP) is 3.63. The fourth-order valence-corrected chi connectivity index (χ4v) is 3.35. The minimum absolute atomic E-state index is 0.123. The third-order valence-electron chi connectivity index (χ3n) is 4.56. The maximum Gasteiger partial charge on any atom is 0.224 e. The number of anilines is 1. The second-order valence-electron chi connectivity index (χ2n) is 7.08. The van der Waals surface area contributed by atoms with E-state index >= 15 is 0 Å². The molecule has 2 aromatic rings. The molecule has 1 amide bonds. The molecule has 0 aliphatic carbocycles. The van der Waals surface area contributed by atoms with E-state index in [0.717, 1.165) is 31.7 Å². The van der Waals surface area contributed by atoms with Crippen molar-refractivity contribution in [2.45, 2.75) is 39.7 Å². The summed E-state index contributed by atoms with van der Waals surface area (Å²) in [7, 11) is 0. The molecule has 4 heteroatoms. The topological polar surface area (TPSA) is 46.1 Å². The average Bonchev–Trinajstić information content (AvgIpc) is 3.15. The maximum atomic E-state index is 12.1. The smallest absolute Gasteiger partial charge is 0.224 e. The molecule has 23 heavy (non-hydrogen) atoms. The molecule has 1 unspecified atom stereocenters. The molecule has 0 radical (unpaired) electrons. The third kappa shape index (κ3) is 4.14. The number of carbonyl (C=O) groups is 1. The third-order valence-corrected chi connectivity index (χ3v) is 4.56. The molecule has 1 aliphatic rings. The van der Waals surface area contributed by atoms with Crippen molar-refractivity contribution in [2.24, 2.45) is 11.8 Å². The number of nitrogens with zero attached hydrogens (tertiary/aromatic N) is 1. The lowest BCUT2D eigenvalue weighted by Gasteiger charge is -2.10. The minimum atomic E-state index is 0.123. The van der Waals surface area contributed by atoms with Crippen molar-refractivity contribution in [1.29, 1.82) is 0 Å². The molecule has 1 aromatic heterocycles. The normalized spacial score (nSPS) is 18.0. The van der Waals surface area contributed by atoms with Crippen LogP contribution in [0.5, 0.6) is 0 Å². The Bertz CT molecular complexity index is 668. The quantitative estimate of drug-likeness (QED) is 0.855. The average molecular weight is 313 g/mol. The Kier molecular flexibility index (Phi) is 5.01. The molecule has 2 heterocycles. The Hall–Kier alpha value is -1.81. The number of aromatic nitrogens is 1. The van der Waals surface area contributed by atoms with Gasteiger partial charge in [-0.05, 0) is 62.0 Å². The van der Waals surface area contributed by atoms with Gasteiger partial charge in [-0.25, -0.2) is 0 Å². The summed E-state index contributed by atoms with van der Waals surface area (Å²) in [6.07, 6.45) is 4.91. The molecule has 3 rings (SSSR count). The highest BCUT2D eigenvalue weighted by Gasteiger charge is 2.15. The Labute approximate surface area is 138 Å². The van der Waals surface area contributed by atoms with E-state index in [2.05, 4.69) is 53.4 Å². The molecule has 4 nitrogen and oxygen atoms in total. The van der Waals surface area contributed by atoms with Gasteiger partial charge in [-0.15, -0.1) is 0 Å². The summed E-state index contributed by atoms with van der Waals surface area (Å²) in [4.78, 5) is 12.1. The summed E-state index contributed by atoms with van der Waals surface area (Å²) in [6, 6.07) is 8.31. The largest absolute Gasteiger partial charge is 0.347 e. The molecule has 124 valence electrons. The molecule has 1 fully saturated rings. The minimum Gasteiger partial charge on any atom is -0.347 e. The highest BCUT2D eigenvalue weighted by molar-refractivity contribution is 5.93. The maximum absolute atomic E-state index is 12.1. The van der Waals surface area contributed by atoms with E-state index < -0.39 is 0 Å².